The molecule has 1 N–H and O–H groups in total. The topological polar surface area (TPSA) is 42.0 Å². The Labute approximate surface area is 168 Å². The zero-order valence-electron chi connectivity index (χ0n) is 15.5. The zero-order chi connectivity index (χ0) is 19.5. The lowest BCUT2D eigenvalue weighted by Crippen LogP contribution is -2.20. The van der Waals surface area contributed by atoms with E-state index in [1.807, 2.05) is 24.3 Å². The Morgan fingerprint density at radius 2 is 1.82 bits per heavy atom. The summed E-state index contributed by atoms with van der Waals surface area (Å²) < 4.78 is 14.0. The number of hydrogen-bond acceptors (Lipinski definition) is 2. The average Bonchev–Trinajstić information content (AvgIpc) is 2.70. The number of hydrogen-bond donors (Lipinski definition) is 1. The van der Waals surface area contributed by atoms with Crippen molar-refractivity contribution in [3.8, 4) is 0 Å². The van der Waals surface area contributed by atoms with E-state index in [4.69, 9.17) is 11.6 Å². The Balaban J connectivity index is 1.37. The Morgan fingerprint density at radius 1 is 1.07 bits per heavy atom. The van der Waals surface area contributed by atoms with Gasteiger partial charge in [0, 0.05) is 28.7 Å². The summed E-state index contributed by atoms with van der Waals surface area (Å²) in [4.78, 5) is 16.5. The number of fused-ring (bicyclic) bond motifs is 1. The van der Waals surface area contributed by atoms with E-state index in [2.05, 4.69) is 10.3 Å². The van der Waals surface area contributed by atoms with Crippen LogP contribution in [0.3, 0.4) is 0 Å². The fourth-order valence-electron chi connectivity index (χ4n) is 4.20. The number of nitrogens with one attached hydrogen (secondary N) is 1. The molecule has 1 amide bonds. The quantitative estimate of drug-likeness (QED) is 0.559. The summed E-state index contributed by atoms with van der Waals surface area (Å²) in [6, 6.07) is 14.3. The molecule has 1 fully saturated rings. The summed E-state index contributed by atoms with van der Waals surface area (Å²) in [5.41, 5.74) is 2.39. The molecule has 5 heteroatoms. The molecular weight excluding hydrogens is 375 g/mol. The van der Waals surface area contributed by atoms with Crippen molar-refractivity contribution in [2.45, 2.75) is 38.0 Å². The molecule has 0 aliphatic heterocycles. The first-order chi connectivity index (χ1) is 13.6. The summed E-state index contributed by atoms with van der Waals surface area (Å²) in [7, 11) is 0. The molecular formula is C23H22ClFN2O. The molecule has 1 aliphatic carbocycles. The smallest absolute Gasteiger partial charge is 0.224 e. The average molecular weight is 397 g/mol. The normalized spacial score (nSPS) is 19.5. The predicted octanol–water partition coefficient (Wildman–Crippen LogP) is 6.33. The van der Waals surface area contributed by atoms with Crippen LogP contribution in [0.2, 0.25) is 5.02 Å². The van der Waals surface area contributed by atoms with Gasteiger partial charge in [0.05, 0.1) is 0 Å². The molecule has 3 aromatic rings. The molecule has 0 spiro atoms. The molecule has 0 bridgehead atoms. The van der Waals surface area contributed by atoms with Gasteiger partial charge < -0.3 is 5.32 Å². The van der Waals surface area contributed by atoms with Crippen LogP contribution in [-0.2, 0) is 4.79 Å². The molecule has 0 atom stereocenters. The fraction of sp³-hybridized carbons (Fsp3) is 0.304. The number of pyridine rings is 1. The Hall–Kier alpha value is -2.46. The SMILES string of the molecule is O=C(CC1CCC(c2ccnc3c(F)cccc23)CC1)Nc1ccc(Cl)cc1. The summed E-state index contributed by atoms with van der Waals surface area (Å²) in [5.74, 6) is 0.547. The molecule has 4 rings (SSSR count). The lowest BCUT2D eigenvalue weighted by molar-refractivity contribution is -0.117. The fourth-order valence-corrected chi connectivity index (χ4v) is 4.33. The molecule has 2 aromatic carbocycles. The van der Waals surface area contributed by atoms with Crippen LogP contribution >= 0.6 is 11.6 Å². The van der Waals surface area contributed by atoms with E-state index in [-0.39, 0.29) is 11.7 Å². The van der Waals surface area contributed by atoms with E-state index in [1.54, 1.807) is 24.4 Å². The third-order valence-electron chi connectivity index (χ3n) is 5.64. The van der Waals surface area contributed by atoms with Crippen molar-refractivity contribution < 1.29 is 9.18 Å². The molecule has 1 aliphatic rings. The van der Waals surface area contributed by atoms with Crippen molar-refractivity contribution in [2.75, 3.05) is 5.32 Å². The minimum absolute atomic E-state index is 0.0437. The zero-order valence-corrected chi connectivity index (χ0v) is 16.3. The van der Waals surface area contributed by atoms with E-state index < -0.39 is 0 Å². The maximum Gasteiger partial charge on any atom is 0.224 e. The van der Waals surface area contributed by atoms with Crippen LogP contribution in [0.4, 0.5) is 10.1 Å². The number of rotatable bonds is 4. The van der Waals surface area contributed by atoms with Crippen LogP contribution in [0.5, 0.6) is 0 Å². The molecule has 0 saturated heterocycles. The Morgan fingerprint density at radius 3 is 2.57 bits per heavy atom. The largest absolute Gasteiger partial charge is 0.326 e. The number of benzene rings is 2. The van der Waals surface area contributed by atoms with Crippen molar-refractivity contribution in [1.82, 2.24) is 4.98 Å². The first-order valence-electron chi connectivity index (χ1n) is 9.68. The molecule has 3 nitrogen and oxygen atoms in total. The molecule has 1 aromatic heterocycles. The molecule has 0 radical (unpaired) electrons. The highest BCUT2D eigenvalue weighted by Gasteiger charge is 2.25. The second-order valence-corrected chi connectivity index (χ2v) is 7.95. The highest BCUT2D eigenvalue weighted by molar-refractivity contribution is 6.30. The highest BCUT2D eigenvalue weighted by Crippen LogP contribution is 2.39. The summed E-state index contributed by atoms with van der Waals surface area (Å²) in [5, 5.41) is 4.50. The molecule has 1 heterocycles. The van der Waals surface area contributed by atoms with Gasteiger partial charge in [-0.3, -0.25) is 9.78 Å². The lowest BCUT2D eigenvalue weighted by Gasteiger charge is -2.29. The van der Waals surface area contributed by atoms with Crippen molar-refractivity contribution in [3.05, 3.63) is 71.1 Å². The van der Waals surface area contributed by atoms with E-state index in [0.717, 1.165) is 36.8 Å². The maximum atomic E-state index is 14.0. The number of nitrogens with zero attached hydrogens (tertiary/aromatic N) is 1. The molecule has 1 saturated carbocycles. The Bertz CT molecular complexity index is 982. The van der Waals surface area contributed by atoms with E-state index in [0.29, 0.717) is 28.8 Å². The van der Waals surface area contributed by atoms with Crippen molar-refractivity contribution >= 4 is 34.1 Å². The summed E-state index contributed by atoms with van der Waals surface area (Å²) >= 11 is 5.88. The van der Waals surface area contributed by atoms with E-state index in [1.165, 1.54) is 11.6 Å². The van der Waals surface area contributed by atoms with Crippen LogP contribution in [0.1, 0.15) is 43.6 Å². The number of carbonyl (C=O) groups excluding carboxylic acids is 1. The van der Waals surface area contributed by atoms with Gasteiger partial charge in [-0.2, -0.15) is 0 Å². The van der Waals surface area contributed by atoms with Gasteiger partial charge >= 0.3 is 0 Å². The van der Waals surface area contributed by atoms with E-state index in [9.17, 15) is 9.18 Å². The highest BCUT2D eigenvalue weighted by atomic mass is 35.5. The van der Waals surface area contributed by atoms with Gasteiger partial charge in [-0.05, 0) is 79.5 Å². The monoisotopic (exact) mass is 396 g/mol. The number of para-hydroxylation sites is 1. The minimum Gasteiger partial charge on any atom is -0.326 e. The van der Waals surface area contributed by atoms with E-state index >= 15 is 0 Å². The maximum absolute atomic E-state index is 14.0. The van der Waals surface area contributed by atoms with Crippen LogP contribution in [0, 0.1) is 11.7 Å². The van der Waals surface area contributed by atoms with Crippen molar-refractivity contribution in [2.24, 2.45) is 5.92 Å². The van der Waals surface area contributed by atoms with Gasteiger partial charge in [-0.1, -0.05) is 23.7 Å². The lowest BCUT2D eigenvalue weighted by atomic mass is 9.77. The number of amides is 1. The molecule has 28 heavy (non-hydrogen) atoms. The van der Waals surface area contributed by atoms with Crippen molar-refractivity contribution in [1.29, 1.82) is 0 Å². The van der Waals surface area contributed by atoms with Gasteiger partial charge in [0.15, 0.2) is 0 Å². The van der Waals surface area contributed by atoms with Gasteiger partial charge in [0.1, 0.15) is 11.3 Å². The van der Waals surface area contributed by atoms with Crippen LogP contribution in [-0.4, -0.2) is 10.9 Å². The standard InChI is InChI=1S/C23H22ClFN2O/c24-17-8-10-18(11-9-17)27-22(28)14-15-4-6-16(7-5-15)19-12-13-26-23-20(19)2-1-3-21(23)25/h1-3,8-13,15-16H,4-7,14H2,(H,27,28). The van der Waals surface area contributed by atoms with Crippen molar-refractivity contribution in [3.63, 3.8) is 0 Å². The summed E-state index contributed by atoms with van der Waals surface area (Å²) in [6.45, 7) is 0. The second-order valence-electron chi connectivity index (χ2n) is 7.51. The number of carbonyl (C=O) groups is 1. The number of anilines is 1. The van der Waals surface area contributed by atoms with Gasteiger partial charge in [-0.15, -0.1) is 0 Å². The van der Waals surface area contributed by atoms with Gasteiger partial charge in [-0.25, -0.2) is 4.39 Å². The first kappa shape index (κ1) is 18.9. The third kappa shape index (κ3) is 4.17. The number of halogens is 2. The number of aromatic nitrogens is 1. The second kappa shape index (κ2) is 8.27. The minimum atomic E-state index is -0.271. The van der Waals surface area contributed by atoms with Gasteiger partial charge in [0.2, 0.25) is 5.91 Å². The third-order valence-corrected chi connectivity index (χ3v) is 5.90. The molecule has 144 valence electrons. The van der Waals surface area contributed by atoms with Gasteiger partial charge in [0.25, 0.3) is 0 Å². The van der Waals surface area contributed by atoms with Crippen LogP contribution in [0.15, 0.2) is 54.7 Å². The first-order valence-corrected chi connectivity index (χ1v) is 10.1. The van der Waals surface area contributed by atoms with Crippen LogP contribution in [0.25, 0.3) is 10.9 Å². The summed E-state index contributed by atoms with van der Waals surface area (Å²) in [6.07, 6.45) is 6.24. The molecule has 0 unspecified atom stereocenters. The predicted molar refractivity (Wildman–Crippen MR) is 111 cm³/mol. The van der Waals surface area contributed by atoms with Crippen LogP contribution < -0.4 is 5.32 Å². The Kier molecular flexibility index (Phi) is 5.58.